The largest absolute Gasteiger partial charge is 0.396 e. The van der Waals surface area contributed by atoms with Crippen LogP contribution in [0.25, 0.3) is 16.9 Å². The van der Waals surface area contributed by atoms with Gasteiger partial charge < -0.3 is 5.73 Å². The van der Waals surface area contributed by atoms with Gasteiger partial charge in [-0.1, -0.05) is 27.5 Å². The van der Waals surface area contributed by atoms with Crippen LogP contribution in [0.1, 0.15) is 0 Å². The quantitative estimate of drug-likeness (QED) is 0.698. The van der Waals surface area contributed by atoms with Gasteiger partial charge in [-0.3, -0.25) is 4.40 Å². The first-order valence-electron chi connectivity index (χ1n) is 5.19. The summed E-state index contributed by atoms with van der Waals surface area (Å²) in [5.74, 6) is 0. The molecule has 0 radical (unpaired) electrons. The summed E-state index contributed by atoms with van der Waals surface area (Å²) >= 11 is 9.23. The molecule has 0 amide bonds. The molecule has 0 unspecified atom stereocenters. The third-order valence-electron chi connectivity index (χ3n) is 2.64. The van der Waals surface area contributed by atoms with Crippen molar-refractivity contribution in [3.8, 4) is 11.3 Å². The molecule has 6 heteroatoms. The fraction of sp³-hybridized carbons (Fsp3) is 0. The predicted octanol–water partition coefficient (Wildman–Crippen LogP) is 3.39. The van der Waals surface area contributed by atoms with E-state index in [1.54, 1.807) is 18.5 Å². The Bertz CT molecular complexity index is 738. The van der Waals surface area contributed by atoms with Crippen LogP contribution >= 0.6 is 27.5 Å². The van der Waals surface area contributed by atoms with Crippen molar-refractivity contribution in [2.75, 3.05) is 5.73 Å². The Morgan fingerprint density at radius 3 is 2.83 bits per heavy atom. The average Bonchev–Trinajstić information content (AvgIpc) is 2.75. The van der Waals surface area contributed by atoms with Crippen LogP contribution in [-0.4, -0.2) is 14.4 Å². The Morgan fingerprint density at radius 1 is 1.22 bits per heavy atom. The molecule has 3 aromatic rings. The normalized spacial score (nSPS) is 11.0. The molecule has 4 nitrogen and oxygen atoms in total. The van der Waals surface area contributed by atoms with Crippen molar-refractivity contribution in [2.45, 2.75) is 0 Å². The lowest BCUT2D eigenvalue weighted by molar-refractivity contribution is 1.18. The van der Waals surface area contributed by atoms with Gasteiger partial charge in [0.05, 0.1) is 17.6 Å². The van der Waals surface area contributed by atoms with Gasteiger partial charge in [0.15, 0.2) is 5.15 Å². The molecule has 90 valence electrons. The molecule has 0 aliphatic rings. The molecule has 0 atom stereocenters. The highest BCUT2D eigenvalue weighted by atomic mass is 79.9. The van der Waals surface area contributed by atoms with E-state index in [-0.39, 0.29) is 0 Å². The van der Waals surface area contributed by atoms with Gasteiger partial charge in [-0.15, -0.1) is 0 Å². The number of rotatable bonds is 1. The number of nitrogens with zero attached hydrogens (tertiary/aromatic N) is 3. The number of fused-ring (bicyclic) bond motifs is 1. The fourth-order valence-corrected chi connectivity index (χ4v) is 2.20. The lowest BCUT2D eigenvalue weighted by atomic mass is 10.2. The number of nitrogen functional groups attached to an aromatic ring is 1. The van der Waals surface area contributed by atoms with Gasteiger partial charge in [-0.05, 0) is 18.2 Å². The number of nitrogens with two attached hydrogens (primary N) is 1. The minimum atomic E-state index is 0.315. The van der Waals surface area contributed by atoms with Crippen molar-refractivity contribution in [2.24, 2.45) is 0 Å². The second-order valence-corrected chi connectivity index (χ2v) is 5.09. The molecule has 2 N–H and O–H groups in total. The van der Waals surface area contributed by atoms with Gasteiger partial charge in [-0.25, -0.2) is 9.97 Å². The predicted molar refractivity (Wildman–Crippen MR) is 75.5 cm³/mol. The van der Waals surface area contributed by atoms with Gasteiger partial charge in [0, 0.05) is 22.4 Å². The Morgan fingerprint density at radius 2 is 2.06 bits per heavy atom. The van der Waals surface area contributed by atoms with E-state index in [9.17, 15) is 0 Å². The summed E-state index contributed by atoms with van der Waals surface area (Å²) in [7, 11) is 0. The lowest BCUT2D eigenvalue weighted by Crippen LogP contribution is -1.92. The van der Waals surface area contributed by atoms with Crippen LogP contribution in [-0.2, 0) is 0 Å². The summed E-state index contributed by atoms with van der Waals surface area (Å²) in [6.07, 6.45) is 5.41. The molecule has 0 saturated carbocycles. The monoisotopic (exact) mass is 322 g/mol. The van der Waals surface area contributed by atoms with Crippen LogP contribution in [0.5, 0.6) is 0 Å². The third-order valence-corrected chi connectivity index (χ3v) is 3.45. The SMILES string of the molecule is Nc1cc(-c2cnc3cc(Br)ccn23)cnc1Cl. The molecule has 0 bridgehead atoms. The molecule has 18 heavy (non-hydrogen) atoms. The second kappa shape index (κ2) is 4.26. The lowest BCUT2D eigenvalue weighted by Gasteiger charge is -2.03. The van der Waals surface area contributed by atoms with E-state index in [0.717, 1.165) is 21.4 Å². The van der Waals surface area contributed by atoms with E-state index in [1.807, 2.05) is 22.7 Å². The third kappa shape index (κ3) is 1.85. The molecule has 3 rings (SSSR count). The highest BCUT2D eigenvalue weighted by molar-refractivity contribution is 9.10. The fourth-order valence-electron chi connectivity index (χ4n) is 1.77. The van der Waals surface area contributed by atoms with Crippen LogP contribution in [0, 0.1) is 0 Å². The summed E-state index contributed by atoms with van der Waals surface area (Å²) in [5.41, 5.74) is 8.88. The Labute approximate surface area is 117 Å². The van der Waals surface area contributed by atoms with E-state index in [4.69, 9.17) is 17.3 Å². The van der Waals surface area contributed by atoms with Crippen molar-refractivity contribution in [3.63, 3.8) is 0 Å². The second-order valence-electron chi connectivity index (χ2n) is 3.82. The van der Waals surface area contributed by atoms with Crippen LogP contribution in [0.15, 0.2) is 41.3 Å². The number of hydrogen-bond acceptors (Lipinski definition) is 3. The summed E-state index contributed by atoms with van der Waals surface area (Å²) in [6, 6.07) is 5.68. The average molecular weight is 324 g/mol. The summed E-state index contributed by atoms with van der Waals surface area (Å²) in [4.78, 5) is 8.39. The van der Waals surface area contributed by atoms with Gasteiger partial charge in [0.1, 0.15) is 5.65 Å². The molecule has 0 fully saturated rings. The maximum atomic E-state index is 5.82. The minimum Gasteiger partial charge on any atom is -0.396 e. The van der Waals surface area contributed by atoms with Crippen molar-refractivity contribution in [1.29, 1.82) is 0 Å². The first kappa shape index (κ1) is 11.5. The van der Waals surface area contributed by atoms with Crippen LogP contribution in [0.4, 0.5) is 5.69 Å². The van der Waals surface area contributed by atoms with Gasteiger partial charge in [-0.2, -0.15) is 0 Å². The van der Waals surface area contributed by atoms with E-state index in [1.165, 1.54) is 0 Å². The molecular formula is C12H8BrClN4. The van der Waals surface area contributed by atoms with E-state index in [2.05, 4.69) is 25.9 Å². The molecule has 3 aromatic heterocycles. The smallest absolute Gasteiger partial charge is 0.151 e. The molecule has 0 aliphatic heterocycles. The zero-order chi connectivity index (χ0) is 12.7. The maximum Gasteiger partial charge on any atom is 0.151 e. The number of pyridine rings is 2. The molecule has 3 heterocycles. The zero-order valence-corrected chi connectivity index (χ0v) is 11.5. The molecular weight excluding hydrogens is 316 g/mol. The van der Waals surface area contributed by atoms with E-state index >= 15 is 0 Å². The Kier molecular flexibility index (Phi) is 2.72. The number of hydrogen-bond donors (Lipinski definition) is 1. The zero-order valence-electron chi connectivity index (χ0n) is 9.14. The van der Waals surface area contributed by atoms with Crippen molar-refractivity contribution in [1.82, 2.24) is 14.4 Å². The number of imidazole rings is 1. The van der Waals surface area contributed by atoms with Crippen LogP contribution in [0.3, 0.4) is 0 Å². The first-order valence-corrected chi connectivity index (χ1v) is 6.36. The molecule has 0 aliphatic carbocycles. The highest BCUT2D eigenvalue weighted by Crippen LogP contribution is 2.26. The minimum absolute atomic E-state index is 0.315. The molecule has 0 spiro atoms. The highest BCUT2D eigenvalue weighted by Gasteiger charge is 2.08. The van der Waals surface area contributed by atoms with Crippen LogP contribution in [0.2, 0.25) is 5.15 Å². The maximum absolute atomic E-state index is 5.82. The summed E-state index contributed by atoms with van der Waals surface area (Å²) in [6.45, 7) is 0. The summed E-state index contributed by atoms with van der Waals surface area (Å²) in [5, 5.41) is 0.315. The number of halogens is 2. The van der Waals surface area contributed by atoms with Crippen molar-refractivity contribution >= 4 is 38.9 Å². The van der Waals surface area contributed by atoms with Crippen molar-refractivity contribution < 1.29 is 0 Å². The van der Waals surface area contributed by atoms with E-state index in [0.29, 0.717) is 10.8 Å². The topological polar surface area (TPSA) is 56.2 Å². The van der Waals surface area contributed by atoms with Crippen molar-refractivity contribution in [3.05, 3.63) is 46.4 Å². The van der Waals surface area contributed by atoms with Gasteiger partial charge in [0.2, 0.25) is 0 Å². The summed E-state index contributed by atoms with van der Waals surface area (Å²) < 4.78 is 2.95. The molecule has 0 aromatic carbocycles. The Balaban J connectivity index is 2.22. The number of anilines is 1. The first-order chi connectivity index (χ1) is 8.65. The van der Waals surface area contributed by atoms with Gasteiger partial charge >= 0.3 is 0 Å². The van der Waals surface area contributed by atoms with E-state index < -0.39 is 0 Å². The molecule has 0 saturated heterocycles. The standard InChI is InChI=1S/C12H8BrClN4/c13-8-1-2-18-10(6-16-11(18)4-8)7-3-9(15)12(14)17-5-7/h1-6H,15H2. The van der Waals surface area contributed by atoms with Crippen LogP contribution < -0.4 is 5.73 Å². The number of aromatic nitrogens is 3. The van der Waals surface area contributed by atoms with Gasteiger partial charge in [0.25, 0.3) is 0 Å². The Hall–Kier alpha value is -1.59.